The van der Waals surface area contributed by atoms with Gasteiger partial charge in [0.25, 0.3) is 0 Å². The van der Waals surface area contributed by atoms with Crippen molar-refractivity contribution in [1.29, 1.82) is 0 Å². The Morgan fingerprint density at radius 1 is 0.559 bits per heavy atom. The first-order valence-corrected chi connectivity index (χ1v) is 28.0. The zero-order valence-corrected chi connectivity index (χ0v) is 42.4. The summed E-state index contributed by atoms with van der Waals surface area (Å²) in [5.74, 6) is -1.27. The molecule has 6 unspecified atom stereocenters. The lowest BCUT2D eigenvalue weighted by atomic mass is 9.85. The van der Waals surface area contributed by atoms with Crippen molar-refractivity contribution >= 4 is 27.6 Å². The molecule has 19 heteroatoms. The van der Waals surface area contributed by atoms with E-state index in [1.807, 2.05) is 37.3 Å². The molecule has 0 aliphatic heterocycles. The Hall–Kier alpha value is -2.34. The molecule has 1 rings (SSSR count). The zero-order chi connectivity index (χ0) is 50.5. The lowest BCUT2D eigenvalue weighted by molar-refractivity contribution is -0.216. The molecule has 1 saturated carbocycles. The second-order valence-electron chi connectivity index (χ2n) is 17.3. The number of aliphatic hydroxyl groups excluding tert-OH is 5. The van der Waals surface area contributed by atoms with E-state index in [0.717, 1.165) is 77.0 Å². The van der Waals surface area contributed by atoms with E-state index < -0.39 is 89.6 Å². The van der Waals surface area contributed by atoms with Crippen LogP contribution in [-0.2, 0) is 41.8 Å². The number of aliphatic hydroxyl groups is 5. The Kier molecular flexibility index (Phi) is 36.8. The largest absolute Gasteiger partial charge is 0.472 e. The number of phosphoric ester groups is 2. The Balaban J connectivity index is 2.58. The van der Waals surface area contributed by atoms with Crippen molar-refractivity contribution in [3.63, 3.8) is 0 Å². The summed E-state index contributed by atoms with van der Waals surface area (Å²) in [5, 5.41) is 51.2. The molecule has 68 heavy (non-hydrogen) atoms. The van der Waals surface area contributed by atoms with Gasteiger partial charge in [-0.2, -0.15) is 0 Å². The maximum atomic E-state index is 13.0. The first kappa shape index (κ1) is 63.7. The number of hydrogen-bond donors (Lipinski definition) is 8. The van der Waals surface area contributed by atoms with Gasteiger partial charge in [0.15, 0.2) is 6.10 Å². The van der Waals surface area contributed by atoms with Crippen LogP contribution in [0.2, 0.25) is 0 Å². The number of phosphoric acid groups is 2. The van der Waals surface area contributed by atoms with Crippen LogP contribution in [0.5, 0.6) is 0 Å². The van der Waals surface area contributed by atoms with Crippen LogP contribution in [0, 0.1) is 0 Å². The highest BCUT2D eigenvalue weighted by Gasteiger charge is 2.54. The molecule has 0 radical (unpaired) electrons. The SMILES string of the molecule is CC/C=C/CC(O)/C=C/C=C/CCCCCCCC(=O)O[C@H](COC(=O)CCCCCCCCCCC/C=C\C/C=C\CCCCC)COP(=O)(O)O[C@H]1C(O)C(O)C(O)[C@@H](OP(=O)(O)O)C1O. The Labute approximate surface area is 405 Å². The molecule has 0 spiro atoms. The van der Waals surface area contributed by atoms with Crippen molar-refractivity contribution in [2.75, 3.05) is 13.2 Å². The van der Waals surface area contributed by atoms with Gasteiger partial charge in [0, 0.05) is 12.8 Å². The maximum Gasteiger partial charge on any atom is 0.472 e. The fraction of sp³-hybridized carbons (Fsp3) is 0.755. The molecule has 0 aromatic heterocycles. The summed E-state index contributed by atoms with van der Waals surface area (Å²) in [6.07, 6.45) is 27.8. The van der Waals surface area contributed by atoms with E-state index in [1.165, 1.54) is 51.4 Å². The van der Waals surface area contributed by atoms with Gasteiger partial charge in [-0.25, -0.2) is 9.13 Å². The van der Waals surface area contributed by atoms with E-state index in [9.17, 15) is 58.9 Å². The van der Waals surface area contributed by atoms with Crippen LogP contribution in [0.15, 0.2) is 60.8 Å². The molecule has 0 aromatic rings. The summed E-state index contributed by atoms with van der Waals surface area (Å²) >= 11 is 0. The van der Waals surface area contributed by atoms with Gasteiger partial charge >= 0.3 is 27.6 Å². The molecule has 394 valence electrons. The number of hydrogen-bond acceptors (Lipinski definition) is 14. The van der Waals surface area contributed by atoms with Crippen molar-refractivity contribution < 1.29 is 82.0 Å². The Morgan fingerprint density at radius 2 is 1.07 bits per heavy atom. The normalized spacial score (nSPS) is 22.2. The minimum absolute atomic E-state index is 0.00542. The molecular weight excluding hydrogens is 922 g/mol. The highest BCUT2D eigenvalue weighted by Crippen LogP contribution is 2.49. The third kappa shape index (κ3) is 33.3. The lowest BCUT2D eigenvalue weighted by Gasteiger charge is -2.43. The van der Waals surface area contributed by atoms with Crippen molar-refractivity contribution in [3.05, 3.63) is 60.8 Å². The number of rotatable bonds is 41. The van der Waals surface area contributed by atoms with Crippen LogP contribution in [-0.4, -0.2) is 114 Å². The molecule has 1 fully saturated rings. The highest BCUT2D eigenvalue weighted by molar-refractivity contribution is 7.47. The standard InChI is InChI=1S/C49H86O17P2/c1-3-5-7-8-9-10-11-12-13-14-15-16-17-18-19-22-25-28-32-36-42(51)62-38-41(64-43(52)37-33-29-26-23-20-21-24-27-31-35-40(50)34-30-6-4-2)39-63-68(60,61)66-49-46(55)44(53)45(54)48(47(49)56)65-67(57,58)59/h6,9-10,12-13,24,27,30-31,35,40-41,44-50,53-56H,3-5,7-8,11,14-23,25-26,28-29,32-34,36-39H2,1-2H3,(H,60,61)(H2,57,58,59)/b10-9-,13-12-,27-24+,30-6+,35-31+/t40?,41-,44?,45?,46?,47?,48-,49+/m1/s1. The van der Waals surface area contributed by atoms with E-state index in [0.29, 0.717) is 19.3 Å². The molecule has 0 aromatic carbocycles. The van der Waals surface area contributed by atoms with E-state index in [4.69, 9.17) is 18.5 Å². The van der Waals surface area contributed by atoms with Crippen molar-refractivity contribution in [1.82, 2.24) is 0 Å². The van der Waals surface area contributed by atoms with E-state index in [1.54, 1.807) is 6.08 Å². The first-order valence-electron chi connectivity index (χ1n) is 24.9. The summed E-state index contributed by atoms with van der Waals surface area (Å²) in [7, 11) is -10.7. The van der Waals surface area contributed by atoms with Crippen LogP contribution in [0.25, 0.3) is 0 Å². The number of carbonyl (C=O) groups excluding carboxylic acids is 2. The molecule has 1 aliphatic rings. The van der Waals surface area contributed by atoms with Gasteiger partial charge in [0.2, 0.25) is 0 Å². The molecule has 8 N–H and O–H groups in total. The lowest BCUT2D eigenvalue weighted by Crippen LogP contribution is -2.64. The first-order chi connectivity index (χ1) is 32.5. The number of unbranched alkanes of at least 4 members (excludes halogenated alkanes) is 17. The van der Waals surface area contributed by atoms with Crippen LogP contribution in [0.3, 0.4) is 0 Å². The second kappa shape index (κ2) is 39.3. The van der Waals surface area contributed by atoms with Crippen LogP contribution in [0.1, 0.15) is 174 Å². The predicted molar refractivity (Wildman–Crippen MR) is 261 cm³/mol. The van der Waals surface area contributed by atoms with Crippen LogP contribution >= 0.6 is 15.6 Å². The van der Waals surface area contributed by atoms with E-state index in [2.05, 4.69) is 35.8 Å². The van der Waals surface area contributed by atoms with Crippen LogP contribution in [0.4, 0.5) is 0 Å². The van der Waals surface area contributed by atoms with Gasteiger partial charge in [0.1, 0.15) is 43.2 Å². The summed E-state index contributed by atoms with van der Waals surface area (Å²) in [6.45, 7) is 2.86. The van der Waals surface area contributed by atoms with Gasteiger partial charge in [-0.15, -0.1) is 0 Å². The summed E-state index contributed by atoms with van der Waals surface area (Å²) in [5.41, 5.74) is 0. The van der Waals surface area contributed by atoms with Gasteiger partial charge in [-0.3, -0.25) is 23.2 Å². The molecule has 17 nitrogen and oxygen atoms in total. The number of esters is 2. The summed E-state index contributed by atoms with van der Waals surface area (Å²) in [6, 6.07) is 0. The highest BCUT2D eigenvalue weighted by atomic mass is 31.2. The van der Waals surface area contributed by atoms with Crippen molar-refractivity contribution in [2.24, 2.45) is 0 Å². The number of ether oxygens (including phenoxy) is 2. The summed E-state index contributed by atoms with van der Waals surface area (Å²) < 4.78 is 49.4. The topological polar surface area (TPSA) is 276 Å². The third-order valence-electron chi connectivity index (χ3n) is 11.2. The van der Waals surface area contributed by atoms with E-state index in [-0.39, 0.29) is 12.8 Å². The average Bonchev–Trinajstić information content (AvgIpc) is 3.29. The van der Waals surface area contributed by atoms with Gasteiger partial charge in [0.05, 0.1) is 12.7 Å². The van der Waals surface area contributed by atoms with Crippen LogP contribution < -0.4 is 0 Å². The predicted octanol–water partition coefficient (Wildman–Crippen LogP) is 8.81. The second-order valence-corrected chi connectivity index (χ2v) is 19.9. The molecule has 1 aliphatic carbocycles. The molecule has 0 amide bonds. The fourth-order valence-electron chi connectivity index (χ4n) is 7.27. The molecule has 9 atom stereocenters. The monoisotopic (exact) mass is 1010 g/mol. The zero-order valence-electron chi connectivity index (χ0n) is 40.6. The summed E-state index contributed by atoms with van der Waals surface area (Å²) in [4.78, 5) is 54.4. The Morgan fingerprint density at radius 3 is 1.63 bits per heavy atom. The molecule has 0 bridgehead atoms. The molecular formula is C49H86O17P2. The minimum Gasteiger partial charge on any atom is -0.462 e. The van der Waals surface area contributed by atoms with E-state index >= 15 is 0 Å². The average molecular weight is 1010 g/mol. The minimum atomic E-state index is -5.38. The number of carbonyl (C=O) groups is 2. The van der Waals surface area contributed by atoms with Gasteiger partial charge < -0.3 is 49.7 Å². The Bertz CT molecular complexity index is 1560. The third-order valence-corrected chi connectivity index (χ3v) is 12.7. The van der Waals surface area contributed by atoms with Crippen molar-refractivity contribution in [2.45, 2.75) is 223 Å². The fourth-order valence-corrected chi connectivity index (χ4v) is 8.81. The number of allylic oxidation sites excluding steroid dienone is 8. The van der Waals surface area contributed by atoms with Gasteiger partial charge in [-0.05, 0) is 70.6 Å². The smallest absolute Gasteiger partial charge is 0.462 e. The maximum absolute atomic E-state index is 13.0. The molecule has 0 saturated heterocycles. The quantitative estimate of drug-likeness (QED) is 0.00934. The molecule has 0 heterocycles. The van der Waals surface area contributed by atoms with Crippen molar-refractivity contribution in [3.8, 4) is 0 Å². The van der Waals surface area contributed by atoms with Gasteiger partial charge in [-0.1, -0.05) is 152 Å².